The van der Waals surface area contributed by atoms with Crippen molar-refractivity contribution in [1.29, 1.82) is 0 Å². The SMILES string of the molecule is CNC(O)n1ccc2cc(Oc3ccnc(NC(=O)c4ccc(C5CCN(CCO)CC5)cc4)c3)c(OCCOC)cc21. The molecular weight excluding hydrogens is 550 g/mol. The summed E-state index contributed by atoms with van der Waals surface area (Å²) in [6.45, 7) is 3.56. The Bertz CT molecular complexity index is 1500. The Labute approximate surface area is 251 Å². The molecule has 2 aromatic heterocycles. The number of amides is 1. The summed E-state index contributed by atoms with van der Waals surface area (Å²) in [6, 6.07) is 16.6. The number of carbonyl (C=O) groups is 1. The van der Waals surface area contributed by atoms with Gasteiger partial charge in [0.1, 0.15) is 18.2 Å². The number of hydrogen-bond acceptors (Lipinski definition) is 9. The largest absolute Gasteiger partial charge is 0.487 e. The lowest BCUT2D eigenvalue weighted by molar-refractivity contribution is 0.0808. The van der Waals surface area contributed by atoms with E-state index in [9.17, 15) is 9.90 Å². The Balaban J connectivity index is 1.27. The third-order valence-electron chi connectivity index (χ3n) is 7.70. The van der Waals surface area contributed by atoms with Gasteiger partial charge >= 0.3 is 0 Å². The van der Waals surface area contributed by atoms with E-state index in [0.29, 0.717) is 47.8 Å². The second-order valence-corrected chi connectivity index (χ2v) is 10.5. The lowest BCUT2D eigenvalue weighted by Gasteiger charge is -2.31. The summed E-state index contributed by atoms with van der Waals surface area (Å²) in [5.41, 5.74) is 2.54. The summed E-state index contributed by atoms with van der Waals surface area (Å²) < 4.78 is 19.0. The van der Waals surface area contributed by atoms with E-state index in [1.807, 2.05) is 42.5 Å². The number of aliphatic hydroxyl groups excluding tert-OH is 2. The van der Waals surface area contributed by atoms with E-state index in [2.05, 4.69) is 20.5 Å². The molecule has 1 aliphatic heterocycles. The fourth-order valence-electron chi connectivity index (χ4n) is 5.34. The summed E-state index contributed by atoms with van der Waals surface area (Å²) in [5, 5.41) is 26.0. The Morgan fingerprint density at radius 3 is 2.58 bits per heavy atom. The van der Waals surface area contributed by atoms with Crippen LogP contribution >= 0.6 is 0 Å². The molecule has 1 amide bonds. The number of ether oxygens (including phenoxy) is 3. The lowest BCUT2D eigenvalue weighted by Crippen LogP contribution is -2.34. The quantitative estimate of drug-likeness (QED) is 0.135. The van der Waals surface area contributed by atoms with Gasteiger partial charge in [0, 0.05) is 49.1 Å². The lowest BCUT2D eigenvalue weighted by atomic mass is 9.89. The molecule has 0 spiro atoms. The number of β-amino-alcohol motifs (C(OH)–C–C–N with tert-alkyl or cyclic N) is 1. The molecule has 4 N–H and O–H groups in total. The number of hydrogen-bond donors (Lipinski definition) is 4. The van der Waals surface area contributed by atoms with Gasteiger partial charge in [-0.05, 0) is 74.8 Å². The van der Waals surface area contributed by atoms with E-state index >= 15 is 0 Å². The number of piperidine rings is 1. The van der Waals surface area contributed by atoms with Crippen LogP contribution in [0.4, 0.5) is 5.82 Å². The minimum Gasteiger partial charge on any atom is -0.487 e. The summed E-state index contributed by atoms with van der Waals surface area (Å²) >= 11 is 0. The molecule has 4 aromatic rings. The summed E-state index contributed by atoms with van der Waals surface area (Å²) in [5.74, 6) is 1.98. The first-order chi connectivity index (χ1) is 21.0. The average Bonchev–Trinajstić information content (AvgIpc) is 3.44. The zero-order chi connectivity index (χ0) is 30.2. The van der Waals surface area contributed by atoms with Gasteiger partial charge in [-0.15, -0.1) is 0 Å². The fraction of sp³-hybridized carbons (Fsp3) is 0.375. The number of aromatic nitrogens is 2. The molecule has 1 atom stereocenters. The smallest absolute Gasteiger partial charge is 0.256 e. The maximum atomic E-state index is 13.0. The van der Waals surface area contributed by atoms with Crippen LogP contribution in [-0.4, -0.2) is 84.2 Å². The maximum Gasteiger partial charge on any atom is 0.256 e. The van der Waals surface area contributed by atoms with Crippen molar-refractivity contribution in [3.8, 4) is 17.2 Å². The van der Waals surface area contributed by atoms with Gasteiger partial charge in [-0.3, -0.25) is 10.1 Å². The van der Waals surface area contributed by atoms with Crippen LogP contribution in [0.3, 0.4) is 0 Å². The molecule has 0 bridgehead atoms. The van der Waals surface area contributed by atoms with Crippen LogP contribution in [0.1, 0.15) is 41.0 Å². The van der Waals surface area contributed by atoms with Gasteiger partial charge in [-0.2, -0.15) is 0 Å². The number of fused-ring (bicyclic) bond motifs is 1. The van der Waals surface area contributed by atoms with Gasteiger partial charge in [0.05, 0.1) is 18.7 Å². The number of anilines is 1. The van der Waals surface area contributed by atoms with Crippen molar-refractivity contribution >= 4 is 22.6 Å². The standard InChI is InChI=1S/C32H39N5O6/c1-33-32(40)37-14-10-25-19-29(28(21-27(25)37)42-18-17-41-2)43-26-7-11-34-30(20-26)35-31(39)24-5-3-22(4-6-24)23-8-12-36(13-9-23)15-16-38/h3-7,10-11,14,19-21,23,32-33,38,40H,8-9,12-13,15-18H2,1-2H3,(H,34,35,39). The van der Waals surface area contributed by atoms with Crippen molar-refractivity contribution in [2.45, 2.75) is 25.1 Å². The molecule has 43 heavy (non-hydrogen) atoms. The molecule has 5 rings (SSSR count). The third kappa shape index (κ3) is 7.51. The molecule has 1 unspecified atom stereocenters. The van der Waals surface area contributed by atoms with Crippen LogP contribution in [0.25, 0.3) is 10.9 Å². The number of nitrogens with one attached hydrogen (secondary N) is 2. The van der Waals surface area contributed by atoms with Crippen molar-refractivity contribution in [2.75, 3.05) is 58.9 Å². The molecule has 11 heteroatoms. The van der Waals surface area contributed by atoms with Crippen LogP contribution in [0.5, 0.6) is 17.2 Å². The summed E-state index contributed by atoms with van der Waals surface area (Å²) in [4.78, 5) is 19.6. The first kappa shape index (κ1) is 30.5. The molecule has 1 fully saturated rings. The predicted octanol–water partition coefficient (Wildman–Crippen LogP) is 3.95. The zero-order valence-corrected chi connectivity index (χ0v) is 24.5. The average molecular weight is 590 g/mol. The maximum absolute atomic E-state index is 13.0. The summed E-state index contributed by atoms with van der Waals surface area (Å²) in [6.07, 6.45) is 4.54. The number of pyridine rings is 1. The van der Waals surface area contributed by atoms with Crippen LogP contribution in [0, 0.1) is 0 Å². The molecule has 11 nitrogen and oxygen atoms in total. The Morgan fingerprint density at radius 2 is 1.86 bits per heavy atom. The van der Waals surface area contributed by atoms with Crippen LogP contribution < -0.4 is 20.1 Å². The van der Waals surface area contributed by atoms with Crippen LogP contribution in [0.2, 0.25) is 0 Å². The zero-order valence-electron chi connectivity index (χ0n) is 24.5. The minimum atomic E-state index is -0.894. The molecule has 3 heterocycles. The van der Waals surface area contributed by atoms with E-state index in [0.717, 1.165) is 43.4 Å². The minimum absolute atomic E-state index is 0.191. The highest BCUT2D eigenvalue weighted by molar-refractivity contribution is 6.03. The van der Waals surface area contributed by atoms with Gasteiger partial charge < -0.3 is 39.2 Å². The number of rotatable bonds is 13. The fourth-order valence-corrected chi connectivity index (χ4v) is 5.34. The molecule has 2 aromatic carbocycles. The highest BCUT2D eigenvalue weighted by Gasteiger charge is 2.21. The molecule has 1 aliphatic rings. The van der Waals surface area contributed by atoms with Crippen LogP contribution in [0.15, 0.2) is 67.0 Å². The number of nitrogens with zero attached hydrogens (tertiary/aromatic N) is 3. The molecule has 0 saturated carbocycles. The van der Waals surface area contributed by atoms with Gasteiger partial charge in [-0.25, -0.2) is 4.98 Å². The number of carbonyl (C=O) groups excluding carboxylic acids is 1. The molecule has 228 valence electrons. The normalized spacial score (nSPS) is 15.0. The molecule has 0 radical (unpaired) electrons. The predicted molar refractivity (Wildman–Crippen MR) is 164 cm³/mol. The van der Waals surface area contributed by atoms with Gasteiger partial charge in [0.15, 0.2) is 17.9 Å². The van der Waals surface area contributed by atoms with Crippen molar-refractivity contribution in [1.82, 2.24) is 19.8 Å². The van der Waals surface area contributed by atoms with Crippen molar-refractivity contribution in [3.63, 3.8) is 0 Å². The van der Waals surface area contributed by atoms with E-state index in [4.69, 9.17) is 19.3 Å². The van der Waals surface area contributed by atoms with E-state index in [1.54, 1.807) is 43.3 Å². The Kier molecular flexibility index (Phi) is 10.2. The van der Waals surface area contributed by atoms with Crippen LogP contribution in [-0.2, 0) is 4.74 Å². The van der Waals surface area contributed by atoms with E-state index < -0.39 is 6.35 Å². The topological polar surface area (TPSA) is 130 Å². The van der Waals surface area contributed by atoms with Crippen molar-refractivity contribution in [3.05, 3.63) is 78.1 Å². The highest BCUT2D eigenvalue weighted by Crippen LogP contribution is 2.37. The van der Waals surface area contributed by atoms with Gasteiger partial charge in [-0.1, -0.05) is 12.1 Å². The van der Waals surface area contributed by atoms with E-state index in [1.165, 1.54) is 5.56 Å². The first-order valence-electron chi connectivity index (χ1n) is 14.5. The molecule has 1 saturated heterocycles. The Hall–Kier alpha value is -4.00. The van der Waals surface area contributed by atoms with Crippen molar-refractivity contribution < 1.29 is 29.2 Å². The third-order valence-corrected chi connectivity index (χ3v) is 7.70. The second-order valence-electron chi connectivity index (χ2n) is 10.5. The van der Waals surface area contributed by atoms with E-state index in [-0.39, 0.29) is 12.5 Å². The molecule has 0 aliphatic carbocycles. The Morgan fingerprint density at radius 1 is 1.07 bits per heavy atom. The number of benzene rings is 2. The number of likely N-dealkylation sites (tertiary alicyclic amines) is 1. The number of aliphatic hydroxyl groups is 2. The van der Waals surface area contributed by atoms with Gasteiger partial charge in [0.2, 0.25) is 0 Å². The molecular formula is C32H39N5O6. The van der Waals surface area contributed by atoms with Crippen molar-refractivity contribution in [2.24, 2.45) is 0 Å². The summed E-state index contributed by atoms with van der Waals surface area (Å²) in [7, 11) is 3.27. The first-order valence-corrected chi connectivity index (χ1v) is 14.5. The highest BCUT2D eigenvalue weighted by atomic mass is 16.5. The monoisotopic (exact) mass is 589 g/mol. The number of methoxy groups -OCH3 is 1. The second kappa shape index (κ2) is 14.5. The van der Waals surface area contributed by atoms with Gasteiger partial charge in [0.25, 0.3) is 5.91 Å².